The molecule has 1 aromatic heterocycles. The van der Waals surface area contributed by atoms with Crippen LogP contribution in [0.4, 0.5) is 0 Å². The topological polar surface area (TPSA) is 34.4 Å². The summed E-state index contributed by atoms with van der Waals surface area (Å²) >= 11 is 0. The molecule has 1 aliphatic heterocycles. The van der Waals surface area contributed by atoms with E-state index in [1.807, 2.05) is 18.2 Å². The standard InChI is InChI=1S/C16H19NO2/c1-16(11-18-12-16)10-17-15(14-8-5-9-19-14)13-6-3-2-4-7-13/h2-9,15,17H,10-12H2,1H3. The van der Waals surface area contributed by atoms with E-state index in [4.69, 9.17) is 9.15 Å². The maximum absolute atomic E-state index is 5.57. The van der Waals surface area contributed by atoms with Crippen LogP contribution in [0.2, 0.25) is 0 Å². The molecule has 1 atom stereocenters. The van der Waals surface area contributed by atoms with Crippen molar-refractivity contribution in [2.24, 2.45) is 5.41 Å². The van der Waals surface area contributed by atoms with Gasteiger partial charge in [0.15, 0.2) is 0 Å². The molecule has 100 valence electrons. The highest BCUT2D eigenvalue weighted by atomic mass is 16.5. The summed E-state index contributed by atoms with van der Waals surface area (Å²) in [4.78, 5) is 0. The van der Waals surface area contributed by atoms with Gasteiger partial charge in [0.05, 0.1) is 25.5 Å². The minimum absolute atomic E-state index is 0.105. The summed E-state index contributed by atoms with van der Waals surface area (Å²) in [5.74, 6) is 0.954. The second-order valence-electron chi connectivity index (χ2n) is 5.54. The number of furan rings is 1. The lowest BCUT2D eigenvalue weighted by Crippen LogP contribution is -2.48. The van der Waals surface area contributed by atoms with Gasteiger partial charge in [-0.3, -0.25) is 0 Å². The zero-order valence-corrected chi connectivity index (χ0v) is 11.1. The fourth-order valence-electron chi connectivity index (χ4n) is 2.38. The van der Waals surface area contributed by atoms with Gasteiger partial charge in [-0.05, 0) is 17.7 Å². The summed E-state index contributed by atoms with van der Waals surface area (Å²) in [6.07, 6.45) is 1.72. The molecule has 0 spiro atoms. The number of hydrogen-bond acceptors (Lipinski definition) is 3. The molecule has 0 radical (unpaired) electrons. The first kappa shape index (κ1) is 12.5. The fourth-order valence-corrected chi connectivity index (χ4v) is 2.38. The molecule has 19 heavy (non-hydrogen) atoms. The second kappa shape index (κ2) is 5.19. The van der Waals surface area contributed by atoms with E-state index in [0.29, 0.717) is 0 Å². The lowest BCUT2D eigenvalue weighted by Gasteiger charge is -2.39. The summed E-state index contributed by atoms with van der Waals surface area (Å²) < 4.78 is 10.9. The quantitative estimate of drug-likeness (QED) is 0.894. The van der Waals surface area contributed by atoms with Crippen molar-refractivity contribution >= 4 is 0 Å². The van der Waals surface area contributed by atoms with Crippen molar-refractivity contribution in [3.05, 3.63) is 60.1 Å². The molecule has 0 saturated carbocycles. The molecule has 3 nitrogen and oxygen atoms in total. The number of hydrogen-bond donors (Lipinski definition) is 1. The van der Waals surface area contributed by atoms with Crippen LogP contribution in [0.5, 0.6) is 0 Å². The molecular formula is C16H19NO2. The Morgan fingerprint density at radius 3 is 2.53 bits per heavy atom. The molecule has 1 aliphatic rings. The van der Waals surface area contributed by atoms with E-state index in [1.165, 1.54) is 5.56 Å². The van der Waals surface area contributed by atoms with Crippen molar-refractivity contribution in [2.45, 2.75) is 13.0 Å². The predicted octanol–water partition coefficient (Wildman–Crippen LogP) is 3.00. The van der Waals surface area contributed by atoms with E-state index >= 15 is 0 Å². The van der Waals surface area contributed by atoms with Gasteiger partial charge in [0.25, 0.3) is 0 Å². The highest BCUT2D eigenvalue weighted by molar-refractivity contribution is 5.26. The van der Waals surface area contributed by atoms with Gasteiger partial charge in [0.1, 0.15) is 5.76 Å². The Hall–Kier alpha value is -1.58. The van der Waals surface area contributed by atoms with Crippen molar-refractivity contribution in [2.75, 3.05) is 19.8 Å². The number of ether oxygens (including phenoxy) is 1. The lowest BCUT2D eigenvalue weighted by atomic mass is 9.88. The monoisotopic (exact) mass is 257 g/mol. The van der Waals surface area contributed by atoms with Gasteiger partial charge >= 0.3 is 0 Å². The highest BCUT2D eigenvalue weighted by Crippen LogP contribution is 2.28. The maximum atomic E-state index is 5.57. The smallest absolute Gasteiger partial charge is 0.125 e. The minimum Gasteiger partial charge on any atom is -0.467 e. The Kier molecular flexibility index (Phi) is 3.40. The lowest BCUT2D eigenvalue weighted by molar-refractivity contribution is -0.0998. The van der Waals surface area contributed by atoms with E-state index in [2.05, 4.69) is 36.5 Å². The second-order valence-corrected chi connectivity index (χ2v) is 5.54. The van der Waals surface area contributed by atoms with Gasteiger partial charge < -0.3 is 14.5 Å². The van der Waals surface area contributed by atoms with Crippen LogP contribution in [0.3, 0.4) is 0 Å². The molecule has 0 bridgehead atoms. The van der Waals surface area contributed by atoms with Gasteiger partial charge in [-0.2, -0.15) is 0 Å². The summed E-state index contributed by atoms with van der Waals surface area (Å²) in [6.45, 7) is 4.83. The average molecular weight is 257 g/mol. The van der Waals surface area contributed by atoms with Crippen LogP contribution in [0.25, 0.3) is 0 Å². The van der Waals surface area contributed by atoms with Gasteiger partial charge in [0, 0.05) is 12.0 Å². The van der Waals surface area contributed by atoms with Crippen LogP contribution in [0, 0.1) is 5.41 Å². The van der Waals surface area contributed by atoms with Crippen LogP contribution in [-0.2, 0) is 4.74 Å². The molecule has 3 heteroatoms. The Labute approximate surface area is 113 Å². The van der Waals surface area contributed by atoms with Gasteiger partial charge in [-0.15, -0.1) is 0 Å². The fraction of sp³-hybridized carbons (Fsp3) is 0.375. The first-order chi connectivity index (χ1) is 9.27. The van der Waals surface area contributed by atoms with E-state index in [9.17, 15) is 0 Å². The average Bonchev–Trinajstić information content (AvgIpc) is 2.92. The normalized spacial score (nSPS) is 18.8. The highest BCUT2D eigenvalue weighted by Gasteiger charge is 2.34. The summed E-state index contributed by atoms with van der Waals surface area (Å²) in [5.41, 5.74) is 1.47. The Balaban J connectivity index is 1.77. The third-order valence-corrected chi connectivity index (χ3v) is 3.59. The van der Waals surface area contributed by atoms with Gasteiger partial charge in [0.2, 0.25) is 0 Å². The molecule has 1 unspecified atom stereocenters. The SMILES string of the molecule is CC1(CNC(c2ccccc2)c2ccco2)COC1. The molecule has 3 rings (SSSR count). The predicted molar refractivity (Wildman–Crippen MR) is 73.9 cm³/mol. The van der Waals surface area contributed by atoms with Crippen molar-refractivity contribution in [3.8, 4) is 0 Å². The van der Waals surface area contributed by atoms with Crippen molar-refractivity contribution in [1.29, 1.82) is 0 Å². The third-order valence-electron chi connectivity index (χ3n) is 3.59. The van der Waals surface area contributed by atoms with E-state index in [1.54, 1.807) is 6.26 Å². The Morgan fingerprint density at radius 2 is 1.95 bits per heavy atom. The van der Waals surface area contributed by atoms with Crippen LogP contribution < -0.4 is 5.32 Å². The molecule has 1 saturated heterocycles. The first-order valence-corrected chi connectivity index (χ1v) is 6.66. The van der Waals surface area contributed by atoms with Crippen LogP contribution >= 0.6 is 0 Å². The van der Waals surface area contributed by atoms with Crippen LogP contribution in [-0.4, -0.2) is 19.8 Å². The zero-order chi connectivity index (χ0) is 13.1. The van der Waals surface area contributed by atoms with Gasteiger partial charge in [-0.25, -0.2) is 0 Å². The molecule has 1 N–H and O–H groups in total. The Morgan fingerprint density at radius 1 is 1.16 bits per heavy atom. The minimum atomic E-state index is 0.105. The first-order valence-electron chi connectivity index (χ1n) is 6.66. The number of rotatable bonds is 5. The van der Waals surface area contributed by atoms with Crippen LogP contribution in [0.15, 0.2) is 53.1 Å². The molecule has 1 fully saturated rings. The van der Waals surface area contributed by atoms with E-state index in [0.717, 1.165) is 25.5 Å². The van der Waals surface area contributed by atoms with E-state index in [-0.39, 0.29) is 11.5 Å². The number of benzene rings is 1. The molecule has 2 aromatic rings. The summed E-state index contributed by atoms with van der Waals surface area (Å²) in [5, 5.41) is 3.61. The maximum Gasteiger partial charge on any atom is 0.125 e. The molecular weight excluding hydrogens is 238 g/mol. The zero-order valence-electron chi connectivity index (χ0n) is 11.1. The number of nitrogens with one attached hydrogen (secondary N) is 1. The van der Waals surface area contributed by atoms with Gasteiger partial charge in [-0.1, -0.05) is 37.3 Å². The Bertz CT molecular complexity index is 503. The summed E-state index contributed by atoms with van der Waals surface area (Å²) in [6, 6.07) is 14.4. The van der Waals surface area contributed by atoms with Crippen molar-refractivity contribution in [3.63, 3.8) is 0 Å². The largest absolute Gasteiger partial charge is 0.467 e. The third kappa shape index (κ3) is 2.72. The summed E-state index contributed by atoms with van der Waals surface area (Å²) in [7, 11) is 0. The molecule has 0 aliphatic carbocycles. The van der Waals surface area contributed by atoms with Crippen LogP contribution in [0.1, 0.15) is 24.3 Å². The van der Waals surface area contributed by atoms with E-state index < -0.39 is 0 Å². The molecule has 1 aromatic carbocycles. The molecule has 0 amide bonds. The van der Waals surface area contributed by atoms with Crippen molar-refractivity contribution in [1.82, 2.24) is 5.32 Å². The van der Waals surface area contributed by atoms with Crippen molar-refractivity contribution < 1.29 is 9.15 Å². The molecule has 2 heterocycles.